The summed E-state index contributed by atoms with van der Waals surface area (Å²) in [4.78, 5) is 4.12. The first-order chi connectivity index (χ1) is 13.8. The van der Waals surface area contributed by atoms with Crippen molar-refractivity contribution in [1.82, 2.24) is 9.71 Å². The molecule has 0 amide bonds. The summed E-state index contributed by atoms with van der Waals surface area (Å²) in [5.41, 5.74) is 2.09. The van der Waals surface area contributed by atoms with Crippen molar-refractivity contribution < 1.29 is 16.8 Å². The van der Waals surface area contributed by atoms with Crippen LogP contribution in [-0.2, 0) is 25.6 Å². The minimum absolute atomic E-state index is 0.131. The van der Waals surface area contributed by atoms with Crippen LogP contribution >= 0.6 is 0 Å². The highest BCUT2D eigenvalue weighted by Crippen LogP contribution is 2.28. The molecule has 0 fully saturated rings. The van der Waals surface area contributed by atoms with Gasteiger partial charge in [0.2, 0.25) is 10.0 Å². The summed E-state index contributed by atoms with van der Waals surface area (Å²) in [6.45, 7) is 1.64. The molecule has 1 N–H and O–H groups in total. The number of aromatic nitrogens is 1. The van der Waals surface area contributed by atoms with Crippen molar-refractivity contribution in [3.05, 3.63) is 95.8 Å². The van der Waals surface area contributed by atoms with Crippen LogP contribution in [0.4, 0.5) is 0 Å². The standard InChI is InChI=1S/C21H22N2O4S2/c1-17-9-11-18(12-10-17)16-28(24,25)23-15-21(19-6-5-13-22-14-19)29(26,27)20-7-3-2-4-8-20/h2-14,21,23H,15-16H2,1H3/t21-/m1/s1. The van der Waals surface area contributed by atoms with Crippen LogP contribution in [0.15, 0.2) is 84.0 Å². The number of nitrogens with one attached hydrogen (secondary N) is 1. The maximum absolute atomic E-state index is 13.2. The summed E-state index contributed by atoms with van der Waals surface area (Å²) in [6, 6.07) is 18.4. The first kappa shape index (κ1) is 21.2. The molecule has 152 valence electrons. The largest absolute Gasteiger partial charge is 0.264 e. The van der Waals surface area contributed by atoms with Crippen molar-refractivity contribution in [2.24, 2.45) is 0 Å². The third-order valence-electron chi connectivity index (χ3n) is 4.47. The topological polar surface area (TPSA) is 93.2 Å². The van der Waals surface area contributed by atoms with Gasteiger partial charge in [-0.15, -0.1) is 0 Å². The number of benzene rings is 2. The zero-order valence-electron chi connectivity index (χ0n) is 15.9. The number of sulfone groups is 1. The average Bonchev–Trinajstić information content (AvgIpc) is 2.71. The molecule has 2 aromatic carbocycles. The molecule has 0 aliphatic carbocycles. The summed E-state index contributed by atoms with van der Waals surface area (Å²) in [5, 5.41) is -1.09. The molecule has 0 saturated heterocycles. The molecule has 0 aliphatic heterocycles. The molecule has 0 unspecified atom stereocenters. The molecule has 0 saturated carbocycles. The molecule has 0 aliphatic rings. The van der Waals surface area contributed by atoms with E-state index in [1.165, 1.54) is 24.5 Å². The van der Waals surface area contributed by atoms with Gasteiger partial charge in [-0.25, -0.2) is 21.6 Å². The third kappa shape index (κ3) is 5.50. The van der Waals surface area contributed by atoms with Gasteiger partial charge in [-0.1, -0.05) is 54.1 Å². The first-order valence-electron chi connectivity index (χ1n) is 9.00. The Morgan fingerprint density at radius 2 is 1.59 bits per heavy atom. The predicted octanol–water partition coefficient (Wildman–Crippen LogP) is 3.02. The van der Waals surface area contributed by atoms with Crippen molar-refractivity contribution in [2.45, 2.75) is 22.8 Å². The van der Waals surface area contributed by atoms with Crippen molar-refractivity contribution in [2.75, 3.05) is 6.54 Å². The molecule has 0 radical (unpaired) electrons. The summed E-state index contributed by atoms with van der Waals surface area (Å²) >= 11 is 0. The molecule has 29 heavy (non-hydrogen) atoms. The lowest BCUT2D eigenvalue weighted by molar-refractivity contribution is 0.568. The normalized spacial score (nSPS) is 13.1. The Bertz CT molecular complexity index is 1150. The van der Waals surface area contributed by atoms with Crippen molar-refractivity contribution in [3.63, 3.8) is 0 Å². The molecule has 3 aromatic rings. The Morgan fingerprint density at radius 1 is 0.897 bits per heavy atom. The van der Waals surface area contributed by atoms with E-state index >= 15 is 0 Å². The molecular weight excluding hydrogens is 408 g/mol. The molecule has 8 heteroatoms. The van der Waals surface area contributed by atoms with Crippen LogP contribution < -0.4 is 4.72 Å². The van der Waals surface area contributed by atoms with E-state index in [4.69, 9.17) is 0 Å². The van der Waals surface area contributed by atoms with Gasteiger partial charge in [0.15, 0.2) is 9.84 Å². The van der Waals surface area contributed by atoms with Gasteiger partial charge in [0, 0.05) is 18.9 Å². The highest BCUT2D eigenvalue weighted by Gasteiger charge is 2.30. The van der Waals surface area contributed by atoms with E-state index in [1.807, 2.05) is 19.1 Å². The van der Waals surface area contributed by atoms with E-state index in [0.29, 0.717) is 11.1 Å². The quantitative estimate of drug-likeness (QED) is 0.593. The van der Waals surface area contributed by atoms with E-state index in [-0.39, 0.29) is 17.2 Å². The van der Waals surface area contributed by atoms with Crippen LogP contribution in [0.1, 0.15) is 21.9 Å². The van der Waals surface area contributed by atoms with Gasteiger partial charge < -0.3 is 0 Å². The third-order valence-corrected chi connectivity index (χ3v) is 7.91. The SMILES string of the molecule is Cc1ccc(CS(=O)(=O)NC[C@H](c2cccnc2)S(=O)(=O)c2ccccc2)cc1. The lowest BCUT2D eigenvalue weighted by atomic mass is 10.2. The lowest BCUT2D eigenvalue weighted by Crippen LogP contribution is -2.32. The summed E-state index contributed by atoms with van der Waals surface area (Å²) in [6.07, 6.45) is 2.98. The van der Waals surface area contributed by atoms with Crippen LogP contribution in [0.25, 0.3) is 0 Å². The summed E-state index contributed by atoms with van der Waals surface area (Å²) in [7, 11) is -7.55. The smallest absolute Gasteiger partial charge is 0.215 e. The number of sulfonamides is 1. The molecular formula is C21H22N2O4S2. The maximum atomic E-state index is 13.2. The first-order valence-corrected chi connectivity index (χ1v) is 12.2. The number of aryl methyl sites for hydroxylation is 1. The molecule has 1 heterocycles. The highest BCUT2D eigenvalue weighted by molar-refractivity contribution is 7.92. The van der Waals surface area contributed by atoms with Crippen LogP contribution in [0.2, 0.25) is 0 Å². The van der Waals surface area contributed by atoms with E-state index < -0.39 is 25.1 Å². The fraction of sp³-hybridized carbons (Fsp3) is 0.190. The van der Waals surface area contributed by atoms with Crippen molar-refractivity contribution in [3.8, 4) is 0 Å². The number of hydrogen-bond acceptors (Lipinski definition) is 5. The lowest BCUT2D eigenvalue weighted by Gasteiger charge is -2.19. The van der Waals surface area contributed by atoms with E-state index in [9.17, 15) is 16.8 Å². The van der Waals surface area contributed by atoms with Gasteiger partial charge in [0.1, 0.15) is 5.25 Å². The van der Waals surface area contributed by atoms with E-state index in [1.54, 1.807) is 42.5 Å². The average molecular weight is 431 g/mol. The summed E-state index contributed by atoms with van der Waals surface area (Å²) in [5.74, 6) is -0.224. The van der Waals surface area contributed by atoms with Crippen LogP contribution in [0.5, 0.6) is 0 Å². The minimum atomic E-state index is -3.82. The second-order valence-corrected chi connectivity index (χ2v) is 10.7. The van der Waals surface area contributed by atoms with E-state index in [2.05, 4.69) is 9.71 Å². The number of nitrogens with zero attached hydrogens (tertiary/aromatic N) is 1. The highest BCUT2D eigenvalue weighted by atomic mass is 32.2. The van der Waals surface area contributed by atoms with E-state index in [0.717, 1.165) is 5.56 Å². The van der Waals surface area contributed by atoms with Crippen molar-refractivity contribution in [1.29, 1.82) is 0 Å². The van der Waals surface area contributed by atoms with Gasteiger partial charge >= 0.3 is 0 Å². The second-order valence-electron chi connectivity index (χ2n) is 6.73. The van der Waals surface area contributed by atoms with Gasteiger partial charge in [-0.3, -0.25) is 4.98 Å². The number of rotatable bonds is 8. The number of pyridine rings is 1. The minimum Gasteiger partial charge on any atom is -0.264 e. The van der Waals surface area contributed by atoms with Crippen LogP contribution in [-0.4, -0.2) is 28.4 Å². The van der Waals surface area contributed by atoms with Crippen LogP contribution in [0.3, 0.4) is 0 Å². The fourth-order valence-corrected chi connectivity index (χ4v) is 5.83. The Hall–Kier alpha value is -2.55. The van der Waals surface area contributed by atoms with Crippen LogP contribution in [0, 0.1) is 6.92 Å². The molecule has 1 aromatic heterocycles. The molecule has 1 atom stereocenters. The predicted molar refractivity (Wildman–Crippen MR) is 112 cm³/mol. The zero-order valence-corrected chi connectivity index (χ0v) is 17.5. The van der Waals surface area contributed by atoms with Gasteiger partial charge in [0.25, 0.3) is 0 Å². The fourth-order valence-electron chi connectivity index (χ4n) is 2.90. The van der Waals surface area contributed by atoms with Gasteiger partial charge in [-0.2, -0.15) is 0 Å². The maximum Gasteiger partial charge on any atom is 0.215 e. The Morgan fingerprint density at radius 3 is 2.21 bits per heavy atom. The zero-order chi connectivity index (χ0) is 20.9. The second kappa shape index (κ2) is 8.86. The molecule has 0 bridgehead atoms. The van der Waals surface area contributed by atoms with Gasteiger partial charge in [0.05, 0.1) is 10.6 Å². The van der Waals surface area contributed by atoms with Crippen molar-refractivity contribution >= 4 is 19.9 Å². The Kier molecular flexibility index (Phi) is 6.46. The molecule has 6 nitrogen and oxygen atoms in total. The Balaban J connectivity index is 1.85. The number of hydrogen-bond donors (Lipinski definition) is 1. The molecule has 3 rings (SSSR count). The molecule has 0 spiro atoms. The Labute approximate surface area is 171 Å². The van der Waals surface area contributed by atoms with Gasteiger partial charge in [-0.05, 0) is 36.2 Å². The monoisotopic (exact) mass is 430 g/mol. The summed E-state index contributed by atoms with van der Waals surface area (Å²) < 4.78 is 54.0.